The third-order valence-electron chi connectivity index (χ3n) is 5.88. The number of likely N-dealkylation sites (tertiary alicyclic amines) is 1. The molecule has 0 N–H and O–H groups in total. The summed E-state index contributed by atoms with van der Waals surface area (Å²) < 4.78 is 1.93. The first-order valence-electron chi connectivity index (χ1n) is 9.88. The highest BCUT2D eigenvalue weighted by atomic mass is 16.2. The van der Waals surface area contributed by atoms with Crippen LogP contribution in [0.1, 0.15) is 29.4 Å². The maximum absolute atomic E-state index is 12.8. The van der Waals surface area contributed by atoms with E-state index in [1.54, 1.807) is 6.33 Å². The van der Waals surface area contributed by atoms with Gasteiger partial charge >= 0.3 is 0 Å². The average Bonchev–Trinajstić information content (AvgIpc) is 3.36. The van der Waals surface area contributed by atoms with Gasteiger partial charge in [0.25, 0.3) is 0 Å². The number of carbonyl (C=O) groups excluding carboxylic acids is 1. The van der Waals surface area contributed by atoms with Crippen molar-refractivity contribution < 1.29 is 4.79 Å². The van der Waals surface area contributed by atoms with E-state index >= 15 is 0 Å². The summed E-state index contributed by atoms with van der Waals surface area (Å²) in [5.41, 5.74) is 4.32. The Balaban J connectivity index is 1.27. The Bertz CT molecular complexity index is 1030. The number of amides is 1. The maximum atomic E-state index is 12.8. The molecule has 0 radical (unpaired) electrons. The number of carbonyl (C=O) groups is 1. The van der Waals surface area contributed by atoms with Crippen molar-refractivity contribution in [2.24, 2.45) is 0 Å². The Kier molecular flexibility index (Phi) is 4.31. The van der Waals surface area contributed by atoms with Crippen molar-refractivity contribution in [3.8, 4) is 0 Å². The number of benzene rings is 1. The second kappa shape index (κ2) is 6.98. The molecule has 7 heteroatoms. The Morgan fingerprint density at radius 2 is 2.11 bits per heavy atom. The summed E-state index contributed by atoms with van der Waals surface area (Å²) >= 11 is 0. The van der Waals surface area contributed by atoms with Gasteiger partial charge in [-0.2, -0.15) is 0 Å². The molecule has 1 atom stereocenters. The fourth-order valence-electron chi connectivity index (χ4n) is 4.25. The molecule has 2 aliphatic rings. The van der Waals surface area contributed by atoms with Crippen LogP contribution in [0.2, 0.25) is 0 Å². The monoisotopic (exact) mass is 376 g/mol. The third-order valence-corrected chi connectivity index (χ3v) is 5.88. The molecule has 2 aliphatic heterocycles. The molecule has 7 nitrogen and oxygen atoms in total. The van der Waals surface area contributed by atoms with Gasteiger partial charge in [0.05, 0.1) is 17.4 Å². The molecule has 144 valence electrons. The van der Waals surface area contributed by atoms with Gasteiger partial charge in [-0.1, -0.05) is 12.1 Å². The zero-order valence-electron chi connectivity index (χ0n) is 16.1. The summed E-state index contributed by atoms with van der Waals surface area (Å²) in [5.74, 6) is 1.25. The minimum absolute atomic E-state index is 0.130. The van der Waals surface area contributed by atoms with Gasteiger partial charge in [0.15, 0.2) is 0 Å². The average molecular weight is 376 g/mol. The van der Waals surface area contributed by atoms with Crippen LogP contribution in [0.25, 0.3) is 11.0 Å². The second-order valence-electron chi connectivity index (χ2n) is 7.87. The lowest BCUT2D eigenvalue weighted by atomic mass is 10.1. The molecule has 3 aromatic rings. The summed E-state index contributed by atoms with van der Waals surface area (Å²) in [6.45, 7) is 3.75. The Morgan fingerprint density at radius 3 is 3.04 bits per heavy atom. The fourth-order valence-corrected chi connectivity index (χ4v) is 4.25. The van der Waals surface area contributed by atoms with E-state index in [1.165, 1.54) is 11.3 Å². The van der Waals surface area contributed by atoms with Crippen LogP contribution in [0.4, 0.5) is 0 Å². The van der Waals surface area contributed by atoms with Gasteiger partial charge < -0.3 is 14.4 Å². The van der Waals surface area contributed by atoms with Crippen molar-refractivity contribution in [1.82, 2.24) is 29.3 Å². The zero-order chi connectivity index (χ0) is 19.1. The Morgan fingerprint density at radius 1 is 1.21 bits per heavy atom. The molecule has 1 aromatic carbocycles. The molecule has 1 saturated heterocycles. The highest BCUT2D eigenvalue weighted by Crippen LogP contribution is 2.26. The SMILES string of the molecule is CN1CCc2nc(C3CCN(C(=O)Cn4cnc5ccccc54)C3)ncc2C1. The quantitative estimate of drug-likeness (QED) is 0.698. The van der Waals surface area contributed by atoms with Gasteiger partial charge in [-0.15, -0.1) is 0 Å². The van der Waals surface area contributed by atoms with E-state index in [0.29, 0.717) is 13.1 Å². The van der Waals surface area contributed by atoms with Crippen molar-refractivity contribution in [2.75, 3.05) is 26.7 Å². The number of aromatic nitrogens is 4. The number of rotatable bonds is 3. The summed E-state index contributed by atoms with van der Waals surface area (Å²) in [6.07, 6.45) is 5.63. The molecular formula is C21H24N6O. The predicted octanol–water partition coefficient (Wildman–Crippen LogP) is 1.83. The first kappa shape index (κ1) is 17.3. The molecule has 0 saturated carbocycles. The Hall–Kier alpha value is -2.80. The van der Waals surface area contributed by atoms with Crippen molar-refractivity contribution in [3.63, 3.8) is 0 Å². The van der Waals surface area contributed by atoms with Crippen LogP contribution in [0.15, 0.2) is 36.8 Å². The molecule has 1 amide bonds. The molecule has 1 fully saturated rings. The van der Waals surface area contributed by atoms with E-state index < -0.39 is 0 Å². The van der Waals surface area contributed by atoms with E-state index in [0.717, 1.165) is 49.3 Å². The summed E-state index contributed by atoms with van der Waals surface area (Å²) in [7, 11) is 2.13. The van der Waals surface area contributed by atoms with Crippen molar-refractivity contribution in [1.29, 1.82) is 0 Å². The van der Waals surface area contributed by atoms with Gasteiger partial charge in [0.1, 0.15) is 12.4 Å². The zero-order valence-corrected chi connectivity index (χ0v) is 16.1. The highest BCUT2D eigenvalue weighted by Gasteiger charge is 2.30. The molecule has 0 bridgehead atoms. The van der Waals surface area contributed by atoms with Crippen LogP contribution in [0, 0.1) is 0 Å². The standard InChI is InChI=1S/C21H24N6O/c1-25-8-7-17-16(11-25)10-22-21(24-17)15-6-9-26(12-15)20(28)13-27-14-23-18-4-2-3-5-19(18)27/h2-5,10,14-15H,6-9,11-13H2,1H3. The van der Waals surface area contributed by atoms with Crippen molar-refractivity contribution in [3.05, 3.63) is 53.9 Å². The van der Waals surface area contributed by atoms with Gasteiger partial charge in [-0.05, 0) is 25.6 Å². The lowest BCUT2D eigenvalue weighted by Gasteiger charge is -2.24. The van der Waals surface area contributed by atoms with Crippen molar-refractivity contribution >= 4 is 16.9 Å². The molecule has 2 aromatic heterocycles. The van der Waals surface area contributed by atoms with Gasteiger partial charge in [-0.25, -0.2) is 15.0 Å². The van der Waals surface area contributed by atoms with E-state index in [4.69, 9.17) is 4.98 Å². The number of para-hydroxylation sites is 2. The van der Waals surface area contributed by atoms with E-state index in [2.05, 4.69) is 21.9 Å². The Labute approximate surface area is 164 Å². The van der Waals surface area contributed by atoms with Crippen LogP contribution in [-0.2, 0) is 24.3 Å². The molecule has 4 heterocycles. The van der Waals surface area contributed by atoms with E-state index in [1.807, 2.05) is 39.9 Å². The molecule has 28 heavy (non-hydrogen) atoms. The summed E-state index contributed by atoms with van der Waals surface area (Å²) in [5, 5.41) is 0. The molecule has 0 aliphatic carbocycles. The minimum Gasteiger partial charge on any atom is -0.340 e. The van der Waals surface area contributed by atoms with E-state index in [9.17, 15) is 4.79 Å². The number of nitrogens with zero attached hydrogens (tertiary/aromatic N) is 6. The van der Waals surface area contributed by atoms with Crippen molar-refractivity contribution in [2.45, 2.75) is 31.8 Å². The number of likely N-dealkylation sites (N-methyl/N-ethyl adjacent to an activating group) is 1. The third kappa shape index (κ3) is 3.16. The predicted molar refractivity (Wildman–Crippen MR) is 106 cm³/mol. The maximum Gasteiger partial charge on any atom is 0.242 e. The molecule has 0 spiro atoms. The van der Waals surface area contributed by atoms with Crippen LogP contribution < -0.4 is 0 Å². The minimum atomic E-state index is 0.130. The highest BCUT2D eigenvalue weighted by molar-refractivity contribution is 5.80. The first-order chi connectivity index (χ1) is 13.7. The van der Waals surface area contributed by atoms with Crippen LogP contribution >= 0.6 is 0 Å². The van der Waals surface area contributed by atoms with Gasteiger partial charge in [0, 0.05) is 56.0 Å². The number of hydrogen-bond acceptors (Lipinski definition) is 5. The van der Waals surface area contributed by atoms with Crippen LogP contribution in [0.5, 0.6) is 0 Å². The van der Waals surface area contributed by atoms with Crippen LogP contribution in [-0.4, -0.2) is 61.9 Å². The fraction of sp³-hybridized carbons (Fsp3) is 0.429. The molecular weight excluding hydrogens is 352 g/mol. The topological polar surface area (TPSA) is 67.2 Å². The largest absolute Gasteiger partial charge is 0.340 e. The van der Waals surface area contributed by atoms with Gasteiger partial charge in [0.2, 0.25) is 5.91 Å². The number of imidazole rings is 1. The molecule has 1 unspecified atom stereocenters. The molecule has 5 rings (SSSR count). The summed E-state index contributed by atoms with van der Waals surface area (Å²) in [4.78, 5) is 30.9. The van der Waals surface area contributed by atoms with Crippen LogP contribution in [0.3, 0.4) is 0 Å². The number of fused-ring (bicyclic) bond motifs is 2. The lowest BCUT2D eigenvalue weighted by molar-refractivity contribution is -0.130. The number of hydrogen-bond donors (Lipinski definition) is 0. The van der Waals surface area contributed by atoms with E-state index in [-0.39, 0.29) is 11.8 Å². The summed E-state index contributed by atoms with van der Waals surface area (Å²) in [6, 6.07) is 7.90. The normalized spacial score (nSPS) is 19.9. The van der Waals surface area contributed by atoms with Gasteiger partial charge in [-0.3, -0.25) is 4.79 Å². The lowest BCUT2D eigenvalue weighted by Crippen LogP contribution is -2.32. The smallest absolute Gasteiger partial charge is 0.242 e. The first-order valence-corrected chi connectivity index (χ1v) is 9.88. The second-order valence-corrected chi connectivity index (χ2v) is 7.87.